The Bertz CT molecular complexity index is 1030. The number of methoxy groups -OCH3 is 1. The molecule has 1 N–H and O–H groups in total. The van der Waals surface area contributed by atoms with E-state index in [1.807, 2.05) is 43.3 Å². The minimum Gasteiger partial charge on any atom is -0.497 e. The molecule has 1 aromatic heterocycles. The average Bonchev–Trinajstić information content (AvgIpc) is 3.15. The standard InChI is InChI=1S/C22H18N2O3S/c1-15-3-10-20(11-4-15)28-21-12-9-19(27-21)13-16(14-23)22(25)24-17-5-7-18(26-2)8-6-17/h3-13H,1-2H3,(H,24,25)/b16-13-. The monoisotopic (exact) mass is 390 g/mol. The summed E-state index contributed by atoms with van der Waals surface area (Å²) in [7, 11) is 1.57. The van der Waals surface area contributed by atoms with Crippen molar-refractivity contribution in [3.63, 3.8) is 0 Å². The van der Waals surface area contributed by atoms with Crippen molar-refractivity contribution < 1.29 is 13.9 Å². The van der Waals surface area contributed by atoms with Crippen molar-refractivity contribution in [1.82, 2.24) is 0 Å². The maximum atomic E-state index is 12.4. The van der Waals surface area contributed by atoms with E-state index in [1.54, 1.807) is 37.4 Å². The van der Waals surface area contributed by atoms with Crippen LogP contribution in [0.15, 0.2) is 80.6 Å². The van der Waals surface area contributed by atoms with Crippen LogP contribution in [0.3, 0.4) is 0 Å². The van der Waals surface area contributed by atoms with Crippen LogP contribution in [0.4, 0.5) is 5.69 Å². The molecule has 0 bridgehead atoms. The van der Waals surface area contributed by atoms with Crippen molar-refractivity contribution in [1.29, 1.82) is 5.26 Å². The molecule has 0 unspecified atom stereocenters. The van der Waals surface area contributed by atoms with E-state index in [0.29, 0.717) is 22.3 Å². The molecule has 0 spiro atoms. The van der Waals surface area contributed by atoms with E-state index in [1.165, 1.54) is 23.4 Å². The molecule has 0 aliphatic heterocycles. The van der Waals surface area contributed by atoms with Crippen molar-refractivity contribution in [2.45, 2.75) is 16.9 Å². The molecule has 0 aliphatic carbocycles. The highest BCUT2D eigenvalue weighted by Gasteiger charge is 2.11. The zero-order valence-corrected chi connectivity index (χ0v) is 16.2. The van der Waals surface area contributed by atoms with E-state index >= 15 is 0 Å². The van der Waals surface area contributed by atoms with Crippen LogP contribution in [0.5, 0.6) is 5.75 Å². The number of benzene rings is 2. The fourth-order valence-corrected chi connectivity index (χ4v) is 3.13. The molecule has 0 saturated heterocycles. The minimum absolute atomic E-state index is 0.0444. The number of hydrogen-bond donors (Lipinski definition) is 1. The number of ether oxygens (including phenoxy) is 1. The molecule has 3 aromatic rings. The van der Waals surface area contributed by atoms with Gasteiger partial charge in [-0.2, -0.15) is 5.26 Å². The Morgan fingerprint density at radius 1 is 1.11 bits per heavy atom. The van der Waals surface area contributed by atoms with E-state index in [4.69, 9.17) is 9.15 Å². The van der Waals surface area contributed by atoms with E-state index in [2.05, 4.69) is 5.32 Å². The number of carbonyl (C=O) groups excluding carboxylic acids is 1. The number of nitrogens with zero attached hydrogens (tertiary/aromatic N) is 1. The Morgan fingerprint density at radius 2 is 1.82 bits per heavy atom. The number of carbonyl (C=O) groups is 1. The molecule has 0 radical (unpaired) electrons. The highest BCUT2D eigenvalue weighted by Crippen LogP contribution is 2.30. The van der Waals surface area contributed by atoms with Crippen LogP contribution in [0.2, 0.25) is 0 Å². The quantitative estimate of drug-likeness (QED) is 0.457. The summed E-state index contributed by atoms with van der Waals surface area (Å²) in [5.74, 6) is 0.621. The first-order valence-electron chi connectivity index (χ1n) is 8.49. The summed E-state index contributed by atoms with van der Waals surface area (Å²) in [6.45, 7) is 2.03. The number of anilines is 1. The molecule has 2 aromatic carbocycles. The first kappa shape index (κ1) is 19.3. The Kier molecular flexibility index (Phi) is 6.20. The molecule has 0 fully saturated rings. The van der Waals surface area contributed by atoms with Crippen LogP contribution in [0, 0.1) is 18.3 Å². The lowest BCUT2D eigenvalue weighted by Gasteiger charge is -2.05. The van der Waals surface area contributed by atoms with Gasteiger partial charge >= 0.3 is 0 Å². The van der Waals surface area contributed by atoms with Crippen molar-refractivity contribution in [2.75, 3.05) is 12.4 Å². The van der Waals surface area contributed by atoms with Crippen molar-refractivity contribution in [3.05, 3.63) is 77.6 Å². The van der Waals surface area contributed by atoms with E-state index < -0.39 is 5.91 Å². The summed E-state index contributed by atoms with van der Waals surface area (Å²) in [5.41, 5.74) is 1.72. The molecule has 3 rings (SSSR count). The largest absolute Gasteiger partial charge is 0.497 e. The molecule has 6 heteroatoms. The molecular formula is C22H18N2O3S. The van der Waals surface area contributed by atoms with Crippen LogP contribution < -0.4 is 10.1 Å². The summed E-state index contributed by atoms with van der Waals surface area (Å²) in [4.78, 5) is 13.4. The second-order valence-electron chi connectivity index (χ2n) is 5.92. The highest BCUT2D eigenvalue weighted by atomic mass is 32.2. The molecule has 5 nitrogen and oxygen atoms in total. The molecule has 1 heterocycles. The zero-order chi connectivity index (χ0) is 19.9. The fourth-order valence-electron chi connectivity index (χ4n) is 2.35. The average molecular weight is 390 g/mol. The van der Waals surface area contributed by atoms with Gasteiger partial charge in [0.05, 0.1) is 7.11 Å². The molecule has 1 amide bonds. The number of nitrogens with one attached hydrogen (secondary N) is 1. The predicted octanol–water partition coefficient (Wildman–Crippen LogP) is 5.29. The number of aryl methyl sites for hydroxylation is 1. The van der Waals surface area contributed by atoms with Gasteiger partial charge in [-0.05, 0) is 55.5 Å². The van der Waals surface area contributed by atoms with Crippen molar-refractivity contribution in [2.24, 2.45) is 0 Å². The first-order valence-corrected chi connectivity index (χ1v) is 9.30. The van der Waals surface area contributed by atoms with Gasteiger partial charge in [0.2, 0.25) is 0 Å². The van der Waals surface area contributed by atoms with Crippen LogP contribution >= 0.6 is 11.8 Å². The van der Waals surface area contributed by atoms with Crippen LogP contribution in [-0.2, 0) is 4.79 Å². The minimum atomic E-state index is -0.503. The second kappa shape index (κ2) is 8.98. The Morgan fingerprint density at radius 3 is 2.46 bits per heavy atom. The number of nitriles is 1. The highest BCUT2D eigenvalue weighted by molar-refractivity contribution is 7.99. The van der Waals surface area contributed by atoms with Crippen LogP contribution in [-0.4, -0.2) is 13.0 Å². The maximum absolute atomic E-state index is 12.4. The summed E-state index contributed by atoms with van der Waals surface area (Å²) >= 11 is 1.48. The number of hydrogen-bond acceptors (Lipinski definition) is 5. The van der Waals surface area contributed by atoms with Gasteiger partial charge in [-0.1, -0.05) is 29.5 Å². The zero-order valence-electron chi connectivity index (χ0n) is 15.4. The lowest BCUT2D eigenvalue weighted by molar-refractivity contribution is -0.112. The third kappa shape index (κ3) is 5.06. The topological polar surface area (TPSA) is 75.3 Å². The number of furan rings is 1. The smallest absolute Gasteiger partial charge is 0.266 e. The Labute approximate surface area is 167 Å². The third-order valence-corrected chi connectivity index (χ3v) is 4.77. The van der Waals surface area contributed by atoms with E-state index in [0.717, 1.165) is 4.90 Å². The molecule has 0 atom stereocenters. The molecule has 140 valence electrons. The van der Waals surface area contributed by atoms with Crippen molar-refractivity contribution >= 4 is 29.4 Å². The lowest BCUT2D eigenvalue weighted by Crippen LogP contribution is -2.13. The lowest BCUT2D eigenvalue weighted by atomic mass is 10.2. The van der Waals surface area contributed by atoms with Gasteiger partial charge in [0, 0.05) is 16.7 Å². The molecule has 28 heavy (non-hydrogen) atoms. The number of amides is 1. The van der Waals surface area contributed by atoms with Gasteiger partial charge in [0.1, 0.15) is 23.2 Å². The van der Waals surface area contributed by atoms with Crippen molar-refractivity contribution in [3.8, 4) is 11.8 Å². The van der Waals surface area contributed by atoms with Gasteiger partial charge in [-0.25, -0.2) is 0 Å². The van der Waals surface area contributed by atoms with Gasteiger partial charge in [-0.3, -0.25) is 4.79 Å². The first-order chi connectivity index (χ1) is 13.6. The van der Waals surface area contributed by atoms with Gasteiger partial charge < -0.3 is 14.5 Å². The molecular weight excluding hydrogens is 372 g/mol. The third-order valence-electron chi connectivity index (χ3n) is 3.84. The second-order valence-corrected chi connectivity index (χ2v) is 7.00. The summed E-state index contributed by atoms with van der Waals surface area (Å²) < 4.78 is 10.8. The maximum Gasteiger partial charge on any atom is 0.266 e. The normalized spacial score (nSPS) is 11.0. The fraction of sp³-hybridized carbons (Fsp3) is 0.0909. The van der Waals surface area contributed by atoms with Crippen LogP contribution in [0.25, 0.3) is 6.08 Å². The van der Waals surface area contributed by atoms with E-state index in [9.17, 15) is 10.1 Å². The van der Waals surface area contributed by atoms with Gasteiger partial charge in [0.15, 0.2) is 5.09 Å². The van der Waals surface area contributed by atoms with E-state index in [-0.39, 0.29) is 5.57 Å². The summed E-state index contributed by atoms with van der Waals surface area (Å²) in [6, 6.07) is 20.4. The number of rotatable bonds is 6. The summed E-state index contributed by atoms with van der Waals surface area (Å²) in [5, 5.41) is 12.7. The predicted molar refractivity (Wildman–Crippen MR) is 109 cm³/mol. The SMILES string of the molecule is COc1ccc(NC(=O)/C(C#N)=C\c2ccc(Sc3ccc(C)cc3)o2)cc1. The summed E-state index contributed by atoms with van der Waals surface area (Å²) in [6.07, 6.45) is 1.43. The Hall–Kier alpha value is -3.43. The molecule has 0 aliphatic rings. The van der Waals surface area contributed by atoms with Gasteiger partial charge in [0.25, 0.3) is 5.91 Å². The van der Waals surface area contributed by atoms with Crippen LogP contribution in [0.1, 0.15) is 11.3 Å². The van der Waals surface area contributed by atoms with Gasteiger partial charge in [-0.15, -0.1) is 0 Å². The molecule has 0 saturated carbocycles. The Balaban J connectivity index is 1.69.